The van der Waals surface area contributed by atoms with Gasteiger partial charge in [0.1, 0.15) is 6.42 Å². The lowest BCUT2D eigenvalue weighted by Gasteiger charge is -2.01. The summed E-state index contributed by atoms with van der Waals surface area (Å²) in [4.78, 5) is 11.1. The molecule has 1 N–H and O–H groups in total. The number of hydrogen-bond acceptors (Lipinski definition) is 3. The van der Waals surface area contributed by atoms with Gasteiger partial charge in [-0.25, -0.2) is 0 Å². The van der Waals surface area contributed by atoms with Crippen LogP contribution < -0.4 is 5.32 Å². The van der Waals surface area contributed by atoms with E-state index in [9.17, 15) is 4.79 Å². The maximum Gasteiger partial charge on any atom is 0.234 e. The topological polar surface area (TPSA) is 52.9 Å². The lowest BCUT2D eigenvalue weighted by Crippen LogP contribution is -2.24. The third-order valence-electron chi connectivity index (χ3n) is 2.52. The Balaban J connectivity index is 1.96. The monoisotopic (exact) mass is 244 g/mol. The van der Waals surface area contributed by atoms with Crippen LogP contribution in [0, 0.1) is 11.3 Å². The molecule has 3 nitrogen and oxygen atoms in total. The Morgan fingerprint density at radius 1 is 1.41 bits per heavy atom. The van der Waals surface area contributed by atoms with Crippen molar-refractivity contribution in [3.63, 3.8) is 0 Å². The Kier molecular flexibility index (Phi) is 3.73. The molecule has 0 saturated carbocycles. The van der Waals surface area contributed by atoms with Crippen molar-refractivity contribution in [2.45, 2.75) is 12.8 Å². The summed E-state index contributed by atoms with van der Waals surface area (Å²) in [6.07, 6.45) is 0.742. The lowest BCUT2D eigenvalue weighted by molar-refractivity contribution is -0.120. The van der Waals surface area contributed by atoms with E-state index in [-0.39, 0.29) is 12.3 Å². The second-order valence-electron chi connectivity index (χ2n) is 3.69. The van der Waals surface area contributed by atoms with Gasteiger partial charge in [0, 0.05) is 11.2 Å². The first-order valence-electron chi connectivity index (χ1n) is 5.40. The number of nitriles is 1. The summed E-state index contributed by atoms with van der Waals surface area (Å²) in [6, 6.07) is 10.1. The molecule has 1 amide bonds. The van der Waals surface area contributed by atoms with Crippen molar-refractivity contribution in [3.05, 3.63) is 35.2 Å². The van der Waals surface area contributed by atoms with Crippen LogP contribution in [0.4, 0.5) is 0 Å². The first-order chi connectivity index (χ1) is 8.31. The molecule has 86 valence electrons. The Morgan fingerprint density at radius 2 is 2.24 bits per heavy atom. The van der Waals surface area contributed by atoms with Gasteiger partial charge in [-0.15, -0.1) is 11.3 Å². The Hall–Kier alpha value is -1.86. The van der Waals surface area contributed by atoms with Gasteiger partial charge in [0.2, 0.25) is 5.91 Å². The van der Waals surface area contributed by atoms with Gasteiger partial charge in [-0.3, -0.25) is 4.79 Å². The molecule has 4 heteroatoms. The highest BCUT2D eigenvalue weighted by Crippen LogP contribution is 2.25. The van der Waals surface area contributed by atoms with Crippen LogP contribution in [0.3, 0.4) is 0 Å². The molecule has 0 atom stereocenters. The standard InChI is InChI=1S/C13H12N2OS/c14-7-5-13(16)15-8-6-10-9-17-12-4-2-1-3-11(10)12/h1-4,9H,5-6,8H2,(H,15,16). The summed E-state index contributed by atoms with van der Waals surface area (Å²) in [5.41, 5.74) is 1.25. The van der Waals surface area contributed by atoms with Crippen LogP contribution in [0.1, 0.15) is 12.0 Å². The van der Waals surface area contributed by atoms with E-state index in [2.05, 4.69) is 22.8 Å². The highest BCUT2D eigenvalue weighted by atomic mass is 32.1. The van der Waals surface area contributed by atoms with Gasteiger partial charge in [-0.2, -0.15) is 5.26 Å². The number of carbonyl (C=O) groups excluding carboxylic acids is 1. The zero-order chi connectivity index (χ0) is 12.1. The molecular formula is C13H12N2OS. The summed E-state index contributed by atoms with van der Waals surface area (Å²) in [5.74, 6) is -0.202. The lowest BCUT2D eigenvalue weighted by atomic mass is 10.1. The van der Waals surface area contributed by atoms with Gasteiger partial charge in [0.05, 0.1) is 6.07 Å². The second-order valence-corrected chi connectivity index (χ2v) is 4.60. The molecule has 0 radical (unpaired) electrons. The Bertz CT molecular complexity index is 568. The van der Waals surface area contributed by atoms with Crippen LogP contribution in [0.15, 0.2) is 29.6 Å². The minimum atomic E-state index is -0.202. The number of hydrogen-bond donors (Lipinski definition) is 1. The number of nitrogens with one attached hydrogen (secondary N) is 1. The van der Waals surface area contributed by atoms with Gasteiger partial charge in [0.15, 0.2) is 0 Å². The largest absolute Gasteiger partial charge is 0.355 e. The molecular weight excluding hydrogens is 232 g/mol. The van der Waals surface area contributed by atoms with Crippen molar-refractivity contribution in [3.8, 4) is 6.07 Å². The fourth-order valence-electron chi connectivity index (χ4n) is 1.70. The SMILES string of the molecule is N#CCC(=O)NCCc1csc2ccccc12. The first kappa shape index (κ1) is 11.6. The van der Waals surface area contributed by atoms with E-state index in [4.69, 9.17) is 5.26 Å². The van der Waals surface area contributed by atoms with Crippen molar-refractivity contribution in [1.29, 1.82) is 5.26 Å². The van der Waals surface area contributed by atoms with Crippen LogP contribution in [-0.2, 0) is 11.2 Å². The molecule has 0 aliphatic rings. The van der Waals surface area contributed by atoms with E-state index in [0.29, 0.717) is 6.54 Å². The number of amides is 1. The first-order valence-corrected chi connectivity index (χ1v) is 6.28. The average molecular weight is 244 g/mol. The number of fused-ring (bicyclic) bond motifs is 1. The number of nitrogens with zero attached hydrogens (tertiary/aromatic N) is 1. The van der Waals surface area contributed by atoms with E-state index >= 15 is 0 Å². The quantitative estimate of drug-likeness (QED) is 0.898. The number of rotatable bonds is 4. The van der Waals surface area contributed by atoms with Crippen LogP contribution in [0.2, 0.25) is 0 Å². The molecule has 2 rings (SSSR count). The third kappa shape index (κ3) is 2.83. The minimum Gasteiger partial charge on any atom is -0.355 e. The predicted molar refractivity (Wildman–Crippen MR) is 68.8 cm³/mol. The van der Waals surface area contributed by atoms with Crippen molar-refractivity contribution in [2.24, 2.45) is 0 Å². The molecule has 17 heavy (non-hydrogen) atoms. The maximum atomic E-state index is 11.1. The highest BCUT2D eigenvalue weighted by Gasteiger charge is 2.04. The zero-order valence-corrected chi connectivity index (χ0v) is 10.1. The molecule has 0 bridgehead atoms. The Labute approximate surface area is 104 Å². The van der Waals surface area contributed by atoms with Crippen LogP contribution in [0.5, 0.6) is 0 Å². The fourth-order valence-corrected chi connectivity index (χ4v) is 2.69. The average Bonchev–Trinajstić information content (AvgIpc) is 2.73. The number of carbonyl (C=O) groups is 1. The summed E-state index contributed by atoms with van der Waals surface area (Å²) in [6.45, 7) is 0.585. The van der Waals surface area contributed by atoms with E-state index in [1.54, 1.807) is 11.3 Å². The molecule has 0 spiro atoms. The van der Waals surface area contributed by atoms with Gasteiger partial charge in [-0.05, 0) is 28.8 Å². The van der Waals surface area contributed by atoms with Crippen LogP contribution >= 0.6 is 11.3 Å². The number of benzene rings is 1. The predicted octanol–water partition coefficient (Wildman–Crippen LogP) is 2.47. The van der Waals surface area contributed by atoms with Crippen LogP contribution in [0.25, 0.3) is 10.1 Å². The molecule has 0 unspecified atom stereocenters. The maximum absolute atomic E-state index is 11.1. The summed E-state index contributed by atoms with van der Waals surface area (Å²) < 4.78 is 1.27. The molecule has 0 saturated heterocycles. The summed E-state index contributed by atoms with van der Waals surface area (Å²) in [5, 5.41) is 14.5. The van der Waals surface area contributed by atoms with Crippen molar-refractivity contribution >= 4 is 27.3 Å². The van der Waals surface area contributed by atoms with E-state index in [1.807, 2.05) is 18.2 Å². The summed E-state index contributed by atoms with van der Waals surface area (Å²) in [7, 11) is 0. The zero-order valence-electron chi connectivity index (χ0n) is 9.27. The number of thiophene rings is 1. The summed E-state index contributed by atoms with van der Waals surface area (Å²) >= 11 is 1.72. The Morgan fingerprint density at radius 3 is 3.06 bits per heavy atom. The molecule has 1 aromatic carbocycles. The second kappa shape index (κ2) is 5.46. The van der Waals surface area contributed by atoms with Crippen molar-refractivity contribution in [1.82, 2.24) is 5.32 Å². The van der Waals surface area contributed by atoms with Crippen molar-refractivity contribution < 1.29 is 4.79 Å². The molecule has 0 aliphatic heterocycles. The molecule has 1 heterocycles. The van der Waals surface area contributed by atoms with Gasteiger partial charge in [-0.1, -0.05) is 18.2 Å². The highest BCUT2D eigenvalue weighted by molar-refractivity contribution is 7.17. The van der Waals surface area contributed by atoms with Gasteiger partial charge < -0.3 is 5.32 Å². The van der Waals surface area contributed by atoms with E-state index in [1.165, 1.54) is 15.6 Å². The smallest absolute Gasteiger partial charge is 0.234 e. The molecule has 0 aliphatic carbocycles. The minimum absolute atomic E-state index is 0.0651. The molecule has 2 aromatic rings. The van der Waals surface area contributed by atoms with Gasteiger partial charge >= 0.3 is 0 Å². The van der Waals surface area contributed by atoms with E-state index < -0.39 is 0 Å². The molecule has 0 fully saturated rings. The normalized spacial score (nSPS) is 10.1. The molecule has 1 aromatic heterocycles. The third-order valence-corrected chi connectivity index (χ3v) is 3.53. The van der Waals surface area contributed by atoms with Crippen LogP contribution in [-0.4, -0.2) is 12.5 Å². The van der Waals surface area contributed by atoms with E-state index in [0.717, 1.165) is 6.42 Å². The van der Waals surface area contributed by atoms with Gasteiger partial charge in [0.25, 0.3) is 0 Å². The fraction of sp³-hybridized carbons (Fsp3) is 0.231. The van der Waals surface area contributed by atoms with Crippen molar-refractivity contribution in [2.75, 3.05) is 6.54 Å².